The Balaban J connectivity index is 2.12. The number of rotatable bonds is 3. The fourth-order valence-electron chi connectivity index (χ4n) is 2.01. The Morgan fingerprint density at radius 1 is 1.15 bits per heavy atom. The Morgan fingerprint density at radius 2 is 1.70 bits per heavy atom. The molecule has 0 aliphatic heterocycles. The summed E-state index contributed by atoms with van der Waals surface area (Å²) in [6.45, 7) is 3.79. The van der Waals surface area contributed by atoms with Crippen molar-refractivity contribution in [2.45, 2.75) is 20.4 Å². The number of aromatic nitrogens is 1. The van der Waals surface area contributed by atoms with E-state index < -0.39 is 0 Å². The molecule has 4 nitrogen and oxygen atoms in total. The first-order chi connectivity index (χ1) is 9.45. The van der Waals surface area contributed by atoms with E-state index in [1.165, 1.54) is 12.1 Å². The van der Waals surface area contributed by atoms with Gasteiger partial charge in [-0.25, -0.2) is 0 Å². The van der Waals surface area contributed by atoms with Crippen molar-refractivity contribution >= 4 is 23.2 Å². The molecule has 1 aromatic carbocycles. The summed E-state index contributed by atoms with van der Waals surface area (Å²) >= 11 is 5.79. The van der Waals surface area contributed by atoms with Gasteiger partial charge in [0, 0.05) is 34.2 Å². The van der Waals surface area contributed by atoms with Crippen LogP contribution in [-0.4, -0.2) is 10.5 Å². The SMILES string of the molecule is Cc1cc(=O)cc(C)n1CC(=O)Nc1ccc(Cl)cc1. The van der Waals surface area contributed by atoms with Gasteiger partial charge < -0.3 is 9.88 Å². The number of hydrogen-bond donors (Lipinski definition) is 1. The zero-order chi connectivity index (χ0) is 14.7. The number of halogens is 1. The smallest absolute Gasteiger partial charge is 0.244 e. The van der Waals surface area contributed by atoms with E-state index in [2.05, 4.69) is 5.32 Å². The van der Waals surface area contributed by atoms with Gasteiger partial charge >= 0.3 is 0 Å². The van der Waals surface area contributed by atoms with Gasteiger partial charge in [-0.1, -0.05) is 11.6 Å². The third-order valence-corrected chi connectivity index (χ3v) is 3.24. The van der Waals surface area contributed by atoms with Crippen LogP contribution in [0.25, 0.3) is 0 Å². The maximum atomic E-state index is 12.0. The first-order valence-corrected chi connectivity index (χ1v) is 6.57. The number of nitrogens with zero attached hydrogens (tertiary/aromatic N) is 1. The molecule has 0 saturated heterocycles. The fourth-order valence-corrected chi connectivity index (χ4v) is 2.14. The average molecular weight is 291 g/mol. The molecule has 20 heavy (non-hydrogen) atoms. The largest absolute Gasteiger partial charge is 0.340 e. The van der Waals surface area contributed by atoms with Gasteiger partial charge in [0.15, 0.2) is 5.43 Å². The van der Waals surface area contributed by atoms with Gasteiger partial charge in [0.1, 0.15) is 6.54 Å². The molecule has 2 rings (SSSR count). The molecule has 0 fully saturated rings. The molecular weight excluding hydrogens is 276 g/mol. The van der Waals surface area contributed by atoms with Crippen molar-refractivity contribution in [1.29, 1.82) is 0 Å². The summed E-state index contributed by atoms with van der Waals surface area (Å²) in [6, 6.07) is 9.95. The Bertz CT molecular complexity index is 664. The lowest BCUT2D eigenvalue weighted by atomic mass is 10.2. The van der Waals surface area contributed by atoms with E-state index in [1.54, 1.807) is 28.8 Å². The highest BCUT2D eigenvalue weighted by atomic mass is 35.5. The molecule has 0 aliphatic rings. The van der Waals surface area contributed by atoms with E-state index in [1.807, 2.05) is 13.8 Å². The number of anilines is 1. The van der Waals surface area contributed by atoms with Crippen molar-refractivity contribution in [3.63, 3.8) is 0 Å². The molecule has 0 saturated carbocycles. The van der Waals surface area contributed by atoms with Crippen molar-refractivity contribution in [2.24, 2.45) is 0 Å². The third-order valence-electron chi connectivity index (χ3n) is 2.98. The standard InChI is InChI=1S/C15H15ClN2O2/c1-10-7-14(19)8-11(2)18(10)9-15(20)17-13-5-3-12(16)4-6-13/h3-8H,9H2,1-2H3,(H,17,20). The predicted octanol–water partition coefficient (Wildman–Crippen LogP) is 2.76. The lowest BCUT2D eigenvalue weighted by Crippen LogP contribution is -2.23. The van der Waals surface area contributed by atoms with Crippen molar-refractivity contribution in [3.05, 3.63) is 63.0 Å². The first-order valence-electron chi connectivity index (χ1n) is 6.19. The summed E-state index contributed by atoms with van der Waals surface area (Å²) in [6.07, 6.45) is 0. The highest BCUT2D eigenvalue weighted by molar-refractivity contribution is 6.30. The van der Waals surface area contributed by atoms with E-state index in [0.29, 0.717) is 10.7 Å². The van der Waals surface area contributed by atoms with Gasteiger partial charge in [-0.15, -0.1) is 0 Å². The van der Waals surface area contributed by atoms with E-state index >= 15 is 0 Å². The van der Waals surface area contributed by atoms with Crippen LogP contribution < -0.4 is 10.7 Å². The molecule has 0 unspecified atom stereocenters. The molecule has 104 valence electrons. The molecule has 0 aliphatic carbocycles. The molecule has 1 heterocycles. The Kier molecular flexibility index (Phi) is 4.25. The quantitative estimate of drug-likeness (QED) is 0.945. The molecule has 1 aromatic heterocycles. The molecule has 5 heteroatoms. The van der Waals surface area contributed by atoms with Crippen LogP contribution in [0.3, 0.4) is 0 Å². The van der Waals surface area contributed by atoms with Gasteiger partial charge in [-0.3, -0.25) is 9.59 Å². The minimum absolute atomic E-state index is 0.0469. The molecule has 1 amide bonds. The number of carbonyl (C=O) groups is 1. The molecule has 0 bridgehead atoms. The van der Waals surface area contributed by atoms with Gasteiger partial charge in [-0.2, -0.15) is 0 Å². The van der Waals surface area contributed by atoms with Crippen LogP contribution in [0.2, 0.25) is 5.02 Å². The lowest BCUT2D eigenvalue weighted by molar-refractivity contribution is -0.116. The van der Waals surface area contributed by atoms with E-state index in [0.717, 1.165) is 11.4 Å². The highest BCUT2D eigenvalue weighted by Crippen LogP contribution is 2.13. The number of aryl methyl sites for hydroxylation is 2. The minimum atomic E-state index is -0.151. The van der Waals surface area contributed by atoms with Crippen LogP contribution in [0.5, 0.6) is 0 Å². The second kappa shape index (κ2) is 5.92. The summed E-state index contributed by atoms with van der Waals surface area (Å²) in [5, 5.41) is 3.41. The summed E-state index contributed by atoms with van der Waals surface area (Å²) in [5.74, 6) is -0.151. The van der Waals surface area contributed by atoms with E-state index in [9.17, 15) is 9.59 Å². The third kappa shape index (κ3) is 3.48. The number of nitrogens with one attached hydrogen (secondary N) is 1. The van der Waals surface area contributed by atoms with Crippen LogP contribution >= 0.6 is 11.6 Å². The molecular formula is C15H15ClN2O2. The van der Waals surface area contributed by atoms with Crippen LogP contribution in [0, 0.1) is 13.8 Å². The Labute approximate surface area is 122 Å². The van der Waals surface area contributed by atoms with Gasteiger partial charge in [-0.05, 0) is 38.1 Å². The van der Waals surface area contributed by atoms with Crippen LogP contribution in [0.1, 0.15) is 11.4 Å². The Hall–Kier alpha value is -2.07. The summed E-state index contributed by atoms with van der Waals surface area (Å²) < 4.78 is 1.80. The maximum Gasteiger partial charge on any atom is 0.244 e. The number of hydrogen-bond acceptors (Lipinski definition) is 2. The molecule has 0 spiro atoms. The van der Waals surface area contributed by atoms with Crippen molar-refractivity contribution in [3.8, 4) is 0 Å². The second-order valence-electron chi connectivity index (χ2n) is 4.62. The van der Waals surface area contributed by atoms with E-state index in [4.69, 9.17) is 11.6 Å². The lowest BCUT2D eigenvalue weighted by Gasteiger charge is -2.14. The topological polar surface area (TPSA) is 51.1 Å². The maximum absolute atomic E-state index is 12.0. The molecule has 0 radical (unpaired) electrons. The first kappa shape index (κ1) is 14.3. The van der Waals surface area contributed by atoms with Crippen LogP contribution in [0.15, 0.2) is 41.2 Å². The normalized spacial score (nSPS) is 10.3. The minimum Gasteiger partial charge on any atom is -0.340 e. The molecule has 1 N–H and O–H groups in total. The average Bonchev–Trinajstić information content (AvgIpc) is 2.36. The summed E-state index contributed by atoms with van der Waals surface area (Å²) in [5.41, 5.74) is 2.17. The number of benzene rings is 1. The van der Waals surface area contributed by atoms with Crippen LogP contribution in [-0.2, 0) is 11.3 Å². The van der Waals surface area contributed by atoms with Gasteiger partial charge in [0.25, 0.3) is 0 Å². The Morgan fingerprint density at radius 3 is 2.25 bits per heavy atom. The summed E-state index contributed by atoms with van der Waals surface area (Å²) in [4.78, 5) is 23.4. The monoisotopic (exact) mass is 290 g/mol. The van der Waals surface area contributed by atoms with Crippen LogP contribution in [0.4, 0.5) is 5.69 Å². The fraction of sp³-hybridized carbons (Fsp3) is 0.200. The number of pyridine rings is 1. The second-order valence-corrected chi connectivity index (χ2v) is 5.05. The van der Waals surface area contributed by atoms with Gasteiger partial charge in [0.2, 0.25) is 5.91 Å². The molecule has 0 atom stereocenters. The van der Waals surface area contributed by atoms with Gasteiger partial charge in [0.05, 0.1) is 0 Å². The van der Waals surface area contributed by atoms with Crippen molar-refractivity contribution < 1.29 is 4.79 Å². The predicted molar refractivity (Wildman–Crippen MR) is 80.3 cm³/mol. The van der Waals surface area contributed by atoms with Crippen molar-refractivity contribution in [2.75, 3.05) is 5.32 Å². The number of carbonyl (C=O) groups excluding carboxylic acids is 1. The van der Waals surface area contributed by atoms with E-state index in [-0.39, 0.29) is 17.9 Å². The van der Waals surface area contributed by atoms with Crippen molar-refractivity contribution in [1.82, 2.24) is 4.57 Å². The zero-order valence-electron chi connectivity index (χ0n) is 11.3. The summed E-state index contributed by atoms with van der Waals surface area (Å²) in [7, 11) is 0. The number of amides is 1. The molecule has 2 aromatic rings. The highest BCUT2D eigenvalue weighted by Gasteiger charge is 2.07. The zero-order valence-corrected chi connectivity index (χ0v) is 12.1.